The van der Waals surface area contributed by atoms with E-state index >= 15 is 0 Å². The van der Waals surface area contributed by atoms with Gasteiger partial charge in [-0.05, 0) is 25.5 Å². The van der Waals surface area contributed by atoms with Gasteiger partial charge in [-0.3, -0.25) is 4.79 Å². The largest absolute Gasteiger partial charge is 0.492 e. The lowest BCUT2D eigenvalue weighted by Crippen LogP contribution is -2.27. The molecule has 0 aliphatic carbocycles. The maximum Gasteiger partial charge on any atom is 0.225 e. The second-order valence-electron chi connectivity index (χ2n) is 5.17. The summed E-state index contributed by atoms with van der Waals surface area (Å²) in [5, 5.41) is 2.92. The number of ether oxygens (including phenoxy) is 2. The molecule has 1 atom stereocenters. The second-order valence-corrected chi connectivity index (χ2v) is 5.17. The quantitative estimate of drug-likeness (QED) is 0.836. The van der Waals surface area contributed by atoms with Crippen LogP contribution in [0.5, 0.6) is 5.75 Å². The van der Waals surface area contributed by atoms with Gasteiger partial charge < -0.3 is 19.7 Å². The van der Waals surface area contributed by atoms with Crippen LogP contribution in [0.3, 0.4) is 0 Å². The molecule has 1 aliphatic rings. The molecule has 0 radical (unpaired) electrons. The zero-order chi connectivity index (χ0) is 15.1. The number of hydrogen-bond acceptors (Lipinski definition) is 4. The Hall–Kier alpha value is -1.59. The first-order valence-electron chi connectivity index (χ1n) is 7.49. The Bertz CT molecular complexity index is 465. The lowest BCUT2D eigenvalue weighted by molar-refractivity contribution is -0.116. The fourth-order valence-electron chi connectivity index (χ4n) is 2.52. The smallest absolute Gasteiger partial charge is 0.225 e. The molecule has 5 heteroatoms. The predicted molar refractivity (Wildman–Crippen MR) is 82.7 cm³/mol. The maximum absolute atomic E-state index is 12.1. The summed E-state index contributed by atoms with van der Waals surface area (Å²) in [6.07, 6.45) is 1.84. The molecular weight excluding hydrogens is 268 g/mol. The molecule has 1 aromatic rings. The monoisotopic (exact) mass is 292 g/mol. The van der Waals surface area contributed by atoms with Crippen molar-refractivity contribution < 1.29 is 14.3 Å². The highest BCUT2D eigenvalue weighted by molar-refractivity contribution is 5.92. The minimum Gasteiger partial charge on any atom is -0.492 e. The number of rotatable bonds is 7. The Balaban J connectivity index is 1.79. The van der Waals surface area contributed by atoms with E-state index < -0.39 is 0 Å². The van der Waals surface area contributed by atoms with Crippen molar-refractivity contribution in [1.29, 1.82) is 0 Å². The lowest BCUT2D eigenvalue weighted by atomic mass is 10.2. The molecule has 0 saturated carbocycles. The molecule has 1 saturated heterocycles. The molecule has 1 amide bonds. The normalized spacial score (nSPS) is 18.7. The Labute approximate surface area is 126 Å². The third-order valence-corrected chi connectivity index (χ3v) is 3.68. The number of nitrogens with zero attached hydrogens (tertiary/aromatic N) is 1. The van der Waals surface area contributed by atoms with Crippen LogP contribution in [0.4, 0.5) is 5.69 Å². The summed E-state index contributed by atoms with van der Waals surface area (Å²) in [6, 6.07) is 7.51. The maximum atomic E-state index is 12.1. The summed E-state index contributed by atoms with van der Waals surface area (Å²) in [6.45, 7) is 5.19. The number of nitrogens with one attached hydrogen (secondary N) is 1. The molecule has 116 valence electrons. The summed E-state index contributed by atoms with van der Waals surface area (Å²) >= 11 is 0. The average Bonchev–Trinajstić information content (AvgIpc) is 2.95. The fraction of sp³-hybridized carbons (Fsp3) is 0.562. The first kappa shape index (κ1) is 15.8. The second kappa shape index (κ2) is 8.00. The van der Waals surface area contributed by atoms with Gasteiger partial charge in [0.05, 0.1) is 18.4 Å². The molecule has 1 N–H and O–H groups in total. The third-order valence-electron chi connectivity index (χ3n) is 3.68. The number of carbonyl (C=O) groups excluding carboxylic acids is 1. The highest BCUT2D eigenvalue weighted by Crippen LogP contribution is 2.23. The van der Waals surface area contributed by atoms with E-state index in [4.69, 9.17) is 9.47 Å². The van der Waals surface area contributed by atoms with Crippen LogP contribution in [0.25, 0.3) is 0 Å². The zero-order valence-corrected chi connectivity index (χ0v) is 12.8. The molecule has 21 heavy (non-hydrogen) atoms. The van der Waals surface area contributed by atoms with E-state index in [1.165, 1.54) is 0 Å². The van der Waals surface area contributed by atoms with E-state index in [0.717, 1.165) is 31.7 Å². The van der Waals surface area contributed by atoms with Gasteiger partial charge in [-0.25, -0.2) is 0 Å². The minimum atomic E-state index is 0.0167. The van der Waals surface area contributed by atoms with Gasteiger partial charge in [-0.2, -0.15) is 0 Å². The van der Waals surface area contributed by atoms with E-state index in [9.17, 15) is 4.79 Å². The topological polar surface area (TPSA) is 50.8 Å². The van der Waals surface area contributed by atoms with Crippen molar-refractivity contribution in [2.45, 2.75) is 25.9 Å². The molecule has 0 bridgehead atoms. The predicted octanol–water partition coefficient (Wildman–Crippen LogP) is 2.13. The number of hydrogen-bond donors (Lipinski definition) is 1. The average molecular weight is 292 g/mol. The molecular formula is C16H24N2O3. The minimum absolute atomic E-state index is 0.0167. The number of benzene rings is 1. The standard InChI is InChI=1S/C16H24N2O3/c1-3-21-15-7-5-4-6-14(15)17-16(19)9-11-18-10-8-13(12-18)20-2/h4-7,13H,3,8-12H2,1-2H3,(H,17,19)/t13-/m1/s1. The molecule has 1 fully saturated rings. The Kier molecular flexibility index (Phi) is 6.02. The van der Waals surface area contributed by atoms with Crippen LogP contribution in [0.2, 0.25) is 0 Å². The number of likely N-dealkylation sites (tertiary alicyclic amines) is 1. The van der Waals surface area contributed by atoms with Crippen molar-refractivity contribution in [3.8, 4) is 5.75 Å². The first-order chi connectivity index (χ1) is 10.2. The molecule has 0 unspecified atom stereocenters. The molecule has 1 aliphatic heterocycles. The van der Waals surface area contributed by atoms with Crippen LogP contribution < -0.4 is 10.1 Å². The van der Waals surface area contributed by atoms with Gasteiger partial charge in [0.15, 0.2) is 0 Å². The Morgan fingerprint density at radius 3 is 2.95 bits per heavy atom. The van der Waals surface area contributed by atoms with Crippen LogP contribution in [0.1, 0.15) is 19.8 Å². The number of amides is 1. The van der Waals surface area contributed by atoms with Gasteiger partial charge in [0.25, 0.3) is 0 Å². The number of anilines is 1. The van der Waals surface area contributed by atoms with E-state index in [1.807, 2.05) is 31.2 Å². The van der Waals surface area contributed by atoms with Crippen LogP contribution in [-0.2, 0) is 9.53 Å². The van der Waals surface area contributed by atoms with E-state index in [1.54, 1.807) is 7.11 Å². The van der Waals surface area contributed by atoms with Gasteiger partial charge in [0.2, 0.25) is 5.91 Å². The fourth-order valence-corrected chi connectivity index (χ4v) is 2.52. The van der Waals surface area contributed by atoms with Crippen molar-refractivity contribution in [1.82, 2.24) is 4.90 Å². The van der Waals surface area contributed by atoms with E-state index in [2.05, 4.69) is 10.2 Å². The molecule has 2 rings (SSSR count). The van der Waals surface area contributed by atoms with Gasteiger partial charge in [0.1, 0.15) is 5.75 Å². The summed E-state index contributed by atoms with van der Waals surface area (Å²) < 4.78 is 10.8. The summed E-state index contributed by atoms with van der Waals surface area (Å²) in [5.41, 5.74) is 0.737. The third kappa shape index (κ3) is 4.72. The Morgan fingerprint density at radius 1 is 1.43 bits per heavy atom. The first-order valence-corrected chi connectivity index (χ1v) is 7.49. The lowest BCUT2D eigenvalue weighted by Gasteiger charge is -2.16. The molecule has 0 spiro atoms. The van der Waals surface area contributed by atoms with Crippen LogP contribution in [0.15, 0.2) is 24.3 Å². The SMILES string of the molecule is CCOc1ccccc1NC(=O)CCN1CC[C@@H](OC)C1. The zero-order valence-electron chi connectivity index (χ0n) is 12.8. The van der Waals surface area contributed by atoms with Crippen LogP contribution in [-0.4, -0.2) is 50.3 Å². The molecule has 5 nitrogen and oxygen atoms in total. The number of para-hydroxylation sites is 2. The Morgan fingerprint density at radius 2 is 2.24 bits per heavy atom. The number of carbonyl (C=O) groups is 1. The van der Waals surface area contributed by atoms with E-state index in [-0.39, 0.29) is 5.91 Å². The highest BCUT2D eigenvalue weighted by Gasteiger charge is 2.22. The summed E-state index contributed by atoms with van der Waals surface area (Å²) in [5.74, 6) is 0.733. The van der Waals surface area contributed by atoms with Crippen molar-refractivity contribution in [2.75, 3.05) is 38.7 Å². The van der Waals surface area contributed by atoms with Crippen molar-refractivity contribution in [2.24, 2.45) is 0 Å². The number of methoxy groups -OCH3 is 1. The van der Waals surface area contributed by atoms with Crippen molar-refractivity contribution >= 4 is 11.6 Å². The molecule has 0 aromatic heterocycles. The van der Waals surface area contributed by atoms with Crippen molar-refractivity contribution in [3.63, 3.8) is 0 Å². The molecule has 1 heterocycles. The van der Waals surface area contributed by atoms with Gasteiger partial charge in [0, 0.05) is 33.2 Å². The van der Waals surface area contributed by atoms with Gasteiger partial charge in [-0.1, -0.05) is 12.1 Å². The highest BCUT2D eigenvalue weighted by atomic mass is 16.5. The van der Waals surface area contributed by atoms with E-state index in [0.29, 0.717) is 24.9 Å². The van der Waals surface area contributed by atoms with Crippen molar-refractivity contribution in [3.05, 3.63) is 24.3 Å². The summed E-state index contributed by atoms with van der Waals surface area (Å²) in [4.78, 5) is 14.3. The van der Waals surface area contributed by atoms with Crippen LogP contribution >= 0.6 is 0 Å². The van der Waals surface area contributed by atoms with Gasteiger partial charge >= 0.3 is 0 Å². The summed E-state index contributed by atoms with van der Waals surface area (Å²) in [7, 11) is 1.74. The molecule has 1 aromatic carbocycles. The van der Waals surface area contributed by atoms with Crippen LogP contribution in [0, 0.1) is 0 Å². The van der Waals surface area contributed by atoms with Gasteiger partial charge in [-0.15, -0.1) is 0 Å².